The molecule has 0 spiro atoms. The van der Waals surface area contributed by atoms with E-state index in [-0.39, 0.29) is 17.9 Å². The van der Waals surface area contributed by atoms with Crippen LogP contribution in [0.1, 0.15) is 5.56 Å². The van der Waals surface area contributed by atoms with Crippen molar-refractivity contribution in [2.45, 2.75) is 13.2 Å². The predicted octanol–water partition coefficient (Wildman–Crippen LogP) is 1.73. The lowest BCUT2D eigenvalue weighted by Gasteiger charge is -2.28. The number of anilines is 1. The Labute approximate surface area is 137 Å². The Hall–Kier alpha value is -2.48. The van der Waals surface area contributed by atoms with E-state index in [1.807, 2.05) is 4.90 Å². The van der Waals surface area contributed by atoms with Crippen molar-refractivity contribution in [1.82, 2.24) is 9.78 Å². The van der Waals surface area contributed by atoms with E-state index < -0.39 is 6.61 Å². The van der Waals surface area contributed by atoms with Crippen LogP contribution in [0.4, 0.5) is 14.5 Å². The van der Waals surface area contributed by atoms with Gasteiger partial charge in [-0.05, 0) is 6.07 Å². The smallest absolute Gasteiger partial charge is 0.387 e. The molecule has 0 unspecified atom stereocenters. The number of rotatable bonds is 5. The summed E-state index contributed by atoms with van der Waals surface area (Å²) in [6, 6.07) is 7.85. The third kappa shape index (κ3) is 3.88. The lowest BCUT2D eigenvalue weighted by Crippen LogP contribution is -2.37. The van der Waals surface area contributed by atoms with E-state index in [4.69, 9.17) is 4.74 Å². The Balaban J connectivity index is 1.80. The molecule has 128 valence electrons. The summed E-state index contributed by atoms with van der Waals surface area (Å²) in [6.45, 7) is -0.222. The van der Waals surface area contributed by atoms with Crippen LogP contribution in [0.2, 0.25) is 0 Å². The topological polar surface area (TPSA) is 56.6 Å². The molecule has 2 aromatic rings. The van der Waals surface area contributed by atoms with Crippen molar-refractivity contribution >= 4 is 5.69 Å². The van der Waals surface area contributed by atoms with Crippen molar-refractivity contribution in [3.8, 4) is 5.75 Å². The van der Waals surface area contributed by atoms with Crippen LogP contribution in [0.3, 0.4) is 0 Å². The predicted molar refractivity (Wildman–Crippen MR) is 83.7 cm³/mol. The fraction of sp³-hybridized carbons (Fsp3) is 0.375. The third-order valence-electron chi connectivity index (χ3n) is 3.74. The van der Waals surface area contributed by atoms with Crippen molar-refractivity contribution in [1.29, 1.82) is 0 Å². The molecule has 0 bridgehead atoms. The number of benzene rings is 1. The van der Waals surface area contributed by atoms with Gasteiger partial charge < -0.3 is 14.4 Å². The van der Waals surface area contributed by atoms with E-state index in [1.165, 1.54) is 16.8 Å². The Bertz CT molecular complexity index is 745. The normalized spacial score (nSPS) is 14.9. The van der Waals surface area contributed by atoms with Crippen LogP contribution in [-0.2, 0) is 11.3 Å². The third-order valence-corrected chi connectivity index (χ3v) is 3.74. The van der Waals surface area contributed by atoms with Crippen LogP contribution in [0, 0.1) is 0 Å². The van der Waals surface area contributed by atoms with Gasteiger partial charge in [0.1, 0.15) is 5.75 Å². The van der Waals surface area contributed by atoms with Gasteiger partial charge >= 0.3 is 6.61 Å². The molecule has 1 fully saturated rings. The second-order valence-corrected chi connectivity index (χ2v) is 5.30. The molecular weight excluding hydrogens is 320 g/mol. The largest absolute Gasteiger partial charge is 0.434 e. The van der Waals surface area contributed by atoms with Crippen LogP contribution in [-0.4, -0.2) is 42.7 Å². The number of nitrogens with zero attached hydrogens (tertiary/aromatic N) is 3. The fourth-order valence-electron chi connectivity index (χ4n) is 2.54. The number of ether oxygens (including phenoxy) is 2. The second kappa shape index (κ2) is 7.39. The van der Waals surface area contributed by atoms with E-state index >= 15 is 0 Å². The zero-order chi connectivity index (χ0) is 16.9. The van der Waals surface area contributed by atoms with Crippen molar-refractivity contribution in [3.05, 3.63) is 52.4 Å². The Kier molecular flexibility index (Phi) is 5.05. The first kappa shape index (κ1) is 16.4. The van der Waals surface area contributed by atoms with Gasteiger partial charge in [0.15, 0.2) is 0 Å². The molecule has 24 heavy (non-hydrogen) atoms. The summed E-state index contributed by atoms with van der Waals surface area (Å²) < 4.78 is 35.9. The van der Waals surface area contributed by atoms with E-state index in [1.54, 1.807) is 24.4 Å². The summed E-state index contributed by atoms with van der Waals surface area (Å²) in [6.07, 6.45) is 1.60. The van der Waals surface area contributed by atoms with Crippen molar-refractivity contribution in [2.75, 3.05) is 31.2 Å². The van der Waals surface area contributed by atoms with Crippen molar-refractivity contribution in [2.24, 2.45) is 0 Å². The summed E-state index contributed by atoms with van der Waals surface area (Å²) in [5.74, 6) is 0.0402. The minimum atomic E-state index is -2.92. The maximum atomic E-state index is 12.5. The molecule has 0 radical (unpaired) electrons. The molecule has 8 heteroatoms. The summed E-state index contributed by atoms with van der Waals surface area (Å²) in [4.78, 5) is 14.3. The molecule has 0 atom stereocenters. The molecule has 0 amide bonds. The van der Waals surface area contributed by atoms with Gasteiger partial charge in [0.05, 0.1) is 31.6 Å². The molecule has 1 aromatic carbocycles. The Morgan fingerprint density at radius 2 is 2.00 bits per heavy atom. The number of aromatic nitrogens is 2. The highest BCUT2D eigenvalue weighted by atomic mass is 19.3. The molecule has 6 nitrogen and oxygen atoms in total. The minimum absolute atomic E-state index is 0.0402. The fourth-order valence-corrected chi connectivity index (χ4v) is 2.54. The molecular formula is C16H17F2N3O3. The maximum absolute atomic E-state index is 12.5. The lowest BCUT2D eigenvalue weighted by molar-refractivity contribution is -0.0505. The maximum Gasteiger partial charge on any atom is 0.387 e. The summed E-state index contributed by atoms with van der Waals surface area (Å²) in [5, 5.41) is 4.15. The first-order chi connectivity index (χ1) is 11.6. The minimum Gasteiger partial charge on any atom is -0.434 e. The second-order valence-electron chi connectivity index (χ2n) is 5.30. The van der Waals surface area contributed by atoms with E-state index in [0.717, 1.165) is 5.69 Å². The van der Waals surface area contributed by atoms with Gasteiger partial charge in [0.25, 0.3) is 5.56 Å². The monoisotopic (exact) mass is 337 g/mol. The molecule has 2 heterocycles. The lowest BCUT2D eigenvalue weighted by atomic mass is 10.2. The molecule has 0 saturated carbocycles. The Morgan fingerprint density at radius 1 is 1.25 bits per heavy atom. The first-order valence-electron chi connectivity index (χ1n) is 7.56. The quantitative estimate of drug-likeness (QED) is 0.832. The van der Waals surface area contributed by atoms with Gasteiger partial charge in [-0.15, -0.1) is 0 Å². The van der Waals surface area contributed by atoms with Gasteiger partial charge in [-0.25, -0.2) is 4.68 Å². The van der Waals surface area contributed by atoms with E-state index in [2.05, 4.69) is 9.84 Å². The summed E-state index contributed by atoms with van der Waals surface area (Å²) in [5.41, 5.74) is 0.897. The van der Waals surface area contributed by atoms with Crippen LogP contribution in [0.15, 0.2) is 41.3 Å². The zero-order valence-corrected chi connectivity index (χ0v) is 12.9. The highest BCUT2D eigenvalue weighted by molar-refractivity contribution is 5.43. The Morgan fingerprint density at radius 3 is 2.71 bits per heavy atom. The molecule has 0 N–H and O–H groups in total. The van der Waals surface area contributed by atoms with E-state index in [0.29, 0.717) is 31.9 Å². The molecule has 1 aliphatic heterocycles. The van der Waals surface area contributed by atoms with E-state index in [9.17, 15) is 13.6 Å². The molecule has 1 aliphatic rings. The molecule has 3 rings (SSSR count). The summed E-state index contributed by atoms with van der Waals surface area (Å²) >= 11 is 0. The summed E-state index contributed by atoms with van der Waals surface area (Å²) in [7, 11) is 0. The molecule has 1 aromatic heterocycles. The zero-order valence-electron chi connectivity index (χ0n) is 12.9. The molecule has 1 saturated heterocycles. The van der Waals surface area contributed by atoms with Crippen LogP contribution >= 0.6 is 0 Å². The van der Waals surface area contributed by atoms with Gasteiger partial charge in [0.2, 0.25) is 0 Å². The van der Waals surface area contributed by atoms with Crippen molar-refractivity contribution in [3.63, 3.8) is 0 Å². The van der Waals surface area contributed by atoms with Gasteiger partial charge in [0, 0.05) is 24.7 Å². The number of alkyl halides is 2. The van der Waals surface area contributed by atoms with Crippen molar-refractivity contribution < 1.29 is 18.3 Å². The standard InChI is InChI=1S/C16H17F2N3O3/c17-16(18)24-14-4-2-1-3-12(14)11-21-15(22)9-13(10-19-21)20-5-7-23-8-6-20/h1-4,9-10,16H,5-8,11H2. The number of halogens is 2. The van der Waals surface area contributed by atoms with Crippen LogP contribution in [0.25, 0.3) is 0 Å². The van der Waals surface area contributed by atoms with Gasteiger partial charge in [-0.3, -0.25) is 4.79 Å². The van der Waals surface area contributed by atoms with Gasteiger partial charge in [-0.2, -0.15) is 13.9 Å². The molecule has 0 aliphatic carbocycles. The first-order valence-corrected chi connectivity index (χ1v) is 7.56. The average molecular weight is 337 g/mol. The number of para-hydroxylation sites is 1. The van der Waals surface area contributed by atoms with Gasteiger partial charge in [-0.1, -0.05) is 18.2 Å². The number of morpholine rings is 1. The number of hydrogen-bond donors (Lipinski definition) is 0. The van der Waals surface area contributed by atoms with Crippen LogP contribution in [0.5, 0.6) is 5.75 Å². The van der Waals surface area contributed by atoms with Crippen LogP contribution < -0.4 is 15.2 Å². The SMILES string of the molecule is O=c1cc(N2CCOCC2)cnn1Cc1ccccc1OC(F)F. The average Bonchev–Trinajstić information content (AvgIpc) is 2.58. The highest BCUT2D eigenvalue weighted by Gasteiger charge is 2.14. The highest BCUT2D eigenvalue weighted by Crippen LogP contribution is 2.21. The number of hydrogen-bond acceptors (Lipinski definition) is 5.